The first kappa shape index (κ1) is 38.1. The van der Waals surface area contributed by atoms with Crippen LogP contribution in [0, 0.1) is 16.7 Å². The Labute approximate surface area is 275 Å². The molecule has 7 nitrogen and oxygen atoms in total. The normalized spacial score (nSPS) is 19.1. The van der Waals surface area contributed by atoms with Crippen molar-refractivity contribution in [2.24, 2.45) is 16.7 Å². The Hall–Kier alpha value is -4.07. The second-order valence-corrected chi connectivity index (χ2v) is 12.2. The summed E-state index contributed by atoms with van der Waals surface area (Å²) in [6.07, 6.45) is 2.22. The lowest BCUT2D eigenvalue weighted by Crippen LogP contribution is -2.39. The van der Waals surface area contributed by atoms with Crippen LogP contribution in [0.4, 0.5) is 5.69 Å². The Morgan fingerprint density at radius 2 is 1.39 bits per heavy atom. The van der Waals surface area contributed by atoms with Gasteiger partial charge in [-0.1, -0.05) is 95.4 Å². The molecule has 2 bridgehead atoms. The number of esters is 1. The molecule has 0 N–H and O–H groups in total. The number of fused-ring (bicyclic) bond motifs is 2. The lowest BCUT2D eigenvalue weighted by molar-refractivity contribution is -0.176. The summed E-state index contributed by atoms with van der Waals surface area (Å²) < 4.78 is 15.7. The largest absolute Gasteiger partial charge is 0.462 e. The van der Waals surface area contributed by atoms with Gasteiger partial charge in [0, 0.05) is 50.5 Å². The third kappa shape index (κ3) is 7.48. The van der Waals surface area contributed by atoms with Crippen molar-refractivity contribution < 1.29 is 28.6 Å². The van der Waals surface area contributed by atoms with E-state index in [9.17, 15) is 14.4 Å². The molecule has 7 heteroatoms. The Morgan fingerprint density at radius 1 is 0.870 bits per heavy atom. The fourth-order valence-electron chi connectivity index (χ4n) is 6.21. The third-order valence-corrected chi connectivity index (χ3v) is 9.40. The molecule has 248 valence electrons. The van der Waals surface area contributed by atoms with Crippen LogP contribution in [-0.2, 0) is 24.8 Å². The number of Topliss-reactive ketones (excluding diaryl/α,β-unsaturated/α-hetero) is 2. The second kappa shape index (κ2) is 16.0. The van der Waals surface area contributed by atoms with Crippen molar-refractivity contribution in [1.82, 2.24) is 0 Å². The Morgan fingerprint density at radius 3 is 1.78 bits per heavy atom. The molecule has 0 amide bonds. The summed E-state index contributed by atoms with van der Waals surface area (Å²) in [6.45, 7) is 12.6. The molecule has 3 aromatic carbocycles. The van der Waals surface area contributed by atoms with Gasteiger partial charge in [0.1, 0.15) is 0 Å². The number of hydrogen-bond acceptors (Lipinski definition) is 7. The van der Waals surface area contributed by atoms with Gasteiger partial charge in [0.15, 0.2) is 5.78 Å². The summed E-state index contributed by atoms with van der Waals surface area (Å²) in [5, 5.41) is 0. The second-order valence-electron chi connectivity index (χ2n) is 12.2. The number of benzene rings is 3. The molecule has 0 aliphatic heterocycles. The molecule has 0 aromatic heterocycles. The van der Waals surface area contributed by atoms with Crippen molar-refractivity contribution in [3.63, 3.8) is 0 Å². The van der Waals surface area contributed by atoms with E-state index in [0.717, 1.165) is 24.1 Å². The number of methoxy groups -OCH3 is 2. The summed E-state index contributed by atoms with van der Waals surface area (Å²) in [5.74, 6) is -1.11. The standard InChI is InChI=1S/C16H16O3.C11H15NO2.C11H16O.CH4/c1-18-16(19-2,14-11-7-4-8-12-14)15(17)13-9-5-3-6-10-13;1-4-14-11(13)9-5-7-10(8-6-9)12(2)3;1-7-8-5-6-11(4,9(7)12)10(8,2)3;/h3-12H,1-2H3;5-8H,4H2,1-3H3;8H,1,5-6H2,2-4H3;1H4. The van der Waals surface area contributed by atoms with Crippen molar-refractivity contribution in [2.75, 3.05) is 39.8 Å². The highest BCUT2D eigenvalue weighted by molar-refractivity contribution is 6.04. The van der Waals surface area contributed by atoms with Crippen LogP contribution in [0.25, 0.3) is 0 Å². The highest BCUT2D eigenvalue weighted by atomic mass is 16.7. The van der Waals surface area contributed by atoms with E-state index in [2.05, 4.69) is 27.4 Å². The van der Waals surface area contributed by atoms with Crippen molar-refractivity contribution >= 4 is 23.2 Å². The summed E-state index contributed by atoms with van der Waals surface area (Å²) in [4.78, 5) is 37.8. The van der Waals surface area contributed by atoms with Gasteiger partial charge in [-0.15, -0.1) is 0 Å². The van der Waals surface area contributed by atoms with Crippen LogP contribution in [-0.4, -0.2) is 52.5 Å². The van der Waals surface area contributed by atoms with Gasteiger partial charge in [0.25, 0.3) is 5.79 Å². The van der Waals surface area contributed by atoms with Gasteiger partial charge < -0.3 is 19.1 Å². The monoisotopic (exact) mass is 629 g/mol. The Kier molecular flexibility index (Phi) is 13.2. The van der Waals surface area contributed by atoms with Gasteiger partial charge >= 0.3 is 5.97 Å². The number of nitrogens with zero attached hydrogens (tertiary/aromatic N) is 1. The van der Waals surface area contributed by atoms with Crippen LogP contribution in [0.5, 0.6) is 0 Å². The third-order valence-electron chi connectivity index (χ3n) is 9.40. The highest BCUT2D eigenvalue weighted by Crippen LogP contribution is 2.65. The molecule has 0 spiro atoms. The topological polar surface area (TPSA) is 82.1 Å². The van der Waals surface area contributed by atoms with Gasteiger partial charge in [-0.3, -0.25) is 9.59 Å². The number of carbonyl (C=O) groups is 3. The van der Waals surface area contributed by atoms with Crippen LogP contribution in [0.3, 0.4) is 0 Å². The molecule has 46 heavy (non-hydrogen) atoms. The van der Waals surface area contributed by atoms with Gasteiger partial charge in [-0.25, -0.2) is 4.79 Å². The van der Waals surface area contributed by atoms with Crippen LogP contribution >= 0.6 is 0 Å². The molecule has 0 radical (unpaired) electrons. The zero-order chi connectivity index (χ0) is 33.4. The number of ketones is 2. The lowest BCUT2D eigenvalue weighted by atomic mass is 9.70. The number of hydrogen-bond donors (Lipinski definition) is 0. The Balaban J connectivity index is 0.000000244. The molecule has 2 unspecified atom stereocenters. The fourth-order valence-corrected chi connectivity index (χ4v) is 6.21. The van der Waals surface area contributed by atoms with Crippen LogP contribution in [0.1, 0.15) is 74.2 Å². The average molecular weight is 630 g/mol. The Bertz CT molecular complexity index is 1460. The van der Waals surface area contributed by atoms with Crippen LogP contribution in [0.15, 0.2) is 97.1 Å². The van der Waals surface area contributed by atoms with Crippen LogP contribution < -0.4 is 4.90 Å². The van der Waals surface area contributed by atoms with E-state index in [0.29, 0.717) is 35.0 Å². The summed E-state index contributed by atoms with van der Waals surface area (Å²) >= 11 is 0. The van der Waals surface area contributed by atoms with E-state index in [4.69, 9.17) is 14.2 Å². The maximum atomic E-state index is 12.7. The summed E-state index contributed by atoms with van der Waals surface area (Å²) in [5.41, 5.74) is 3.82. The molecule has 5 rings (SSSR count). The number of allylic oxidation sites excluding steroid dienone is 1. The van der Waals surface area contributed by atoms with E-state index >= 15 is 0 Å². The predicted molar refractivity (Wildman–Crippen MR) is 185 cm³/mol. The maximum absolute atomic E-state index is 12.7. The molecule has 0 heterocycles. The van der Waals surface area contributed by atoms with Gasteiger partial charge in [-0.2, -0.15) is 0 Å². The minimum absolute atomic E-state index is 0. The van der Waals surface area contributed by atoms with E-state index in [1.807, 2.05) is 79.7 Å². The fraction of sp³-hybridized carbons (Fsp3) is 0.410. The summed E-state index contributed by atoms with van der Waals surface area (Å²) in [7, 11) is 6.85. The van der Waals surface area contributed by atoms with Gasteiger partial charge in [-0.05, 0) is 60.9 Å². The van der Waals surface area contributed by atoms with E-state index in [1.54, 1.807) is 31.2 Å². The quantitative estimate of drug-likeness (QED) is 0.108. The van der Waals surface area contributed by atoms with E-state index in [1.165, 1.54) is 14.2 Å². The number of carbonyl (C=O) groups excluding carboxylic acids is 3. The molecule has 2 saturated carbocycles. The van der Waals surface area contributed by atoms with Crippen molar-refractivity contribution in [2.45, 2.75) is 53.8 Å². The summed E-state index contributed by atoms with van der Waals surface area (Å²) in [6, 6.07) is 25.5. The first-order valence-electron chi connectivity index (χ1n) is 15.2. The average Bonchev–Trinajstić information content (AvgIpc) is 3.37. The first-order chi connectivity index (χ1) is 21.3. The predicted octanol–water partition coefficient (Wildman–Crippen LogP) is 8.15. The smallest absolute Gasteiger partial charge is 0.338 e. The minimum atomic E-state index is -1.40. The zero-order valence-electron chi connectivity index (χ0n) is 27.9. The molecule has 2 atom stereocenters. The molecule has 0 saturated heterocycles. The number of rotatable bonds is 8. The maximum Gasteiger partial charge on any atom is 0.338 e. The van der Waals surface area contributed by atoms with Crippen molar-refractivity contribution in [3.8, 4) is 0 Å². The lowest BCUT2D eigenvalue weighted by Gasteiger charge is -2.31. The van der Waals surface area contributed by atoms with E-state index < -0.39 is 5.79 Å². The molecule has 2 aliphatic carbocycles. The van der Waals surface area contributed by atoms with E-state index in [-0.39, 0.29) is 30.0 Å². The van der Waals surface area contributed by atoms with Crippen molar-refractivity contribution in [1.29, 1.82) is 0 Å². The zero-order valence-corrected chi connectivity index (χ0v) is 27.9. The van der Waals surface area contributed by atoms with Gasteiger partial charge in [0.05, 0.1) is 12.2 Å². The first-order valence-corrected chi connectivity index (χ1v) is 15.2. The molecule has 2 fully saturated rings. The molecular weight excluding hydrogens is 578 g/mol. The SMILES string of the molecule is C.C=C1C(=O)C2(C)CCC1C2(C)C.CCOC(=O)c1ccc(N(C)C)cc1.COC(OC)(C(=O)c1ccccc1)c1ccccc1. The minimum Gasteiger partial charge on any atom is -0.462 e. The number of ether oxygens (including phenoxy) is 3. The molecule has 2 aliphatic rings. The molecular formula is C39H51NO6. The molecule has 3 aromatic rings. The number of anilines is 1. The van der Waals surface area contributed by atoms with Gasteiger partial charge in [0.2, 0.25) is 5.78 Å². The van der Waals surface area contributed by atoms with Crippen molar-refractivity contribution in [3.05, 3.63) is 114 Å². The highest BCUT2D eigenvalue weighted by Gasteiger charge is 2.63. The van der Waals surface area contributed by atoms with Crippen LogP contribution in [0.2, 0.25) is 0 Å².